The number of hydrogen-bond donors (Lipinski definition) is 0. The first-order valence-corrected chi connectivity index (χ1v) is 45.2. The molecule has 25 rings (SSSR count). The van der Waals surface area contributed by atoms with Gasteiger partial charge in [0.25, 0.3) is 0 Å². The van der Waals surface area contributed by atoms with Crippen LogP contribution in [-0.4, -0.2) is 34.9 Å². The number of nitrogens with zero attached hydrogens (tertiary/aromatic N) is 7. The van der Waals surface area contributed by atoms with Crippen LogP contribution in [0.4, 0.5) is 0 Å². The van der Waals surface area contributed by atoms with Gasteiger partial charge in [0.1, 0.15) is 16.6 Å². The molecule has 8 aromatic heterocycles. The SMILES string of the molecule is O=P(c1ccccc1)(c1ccccc1)c1cccc(-c2nc3ccccc3c3c2ccc2ccc4cccnc4c23)c1.O=P(c1ccccc1)(c1ccccc1)c1cccc(-c2nc3ccccc3c3c2ccc2ccc4cccnc4c23)n1.c1cc(-c2nc3ccccc3c3c2ccc2ccc4cccnc4c23)cc(-c2cccc3c2oc2ccccc23)c1. The van der Waals surface area contributed by atoms with Crippen molar-refractivity contribution in [3.63, 3.8) is 0 Å². The second-order valence-corrected chi connectivity index (χ2v) is 36.9. The third kappa shape index (κ3) is 12.6. The van der Waals surface area contributed by atoms with E-state index in [4.69, 9.17) is 39.3 Å². The summed E-state index contributed by atoms with van der Waals surface area (Å²) in [5.41, 5.74) is 15.5. The minimum atomic E-state index is -3.25. The van der Waals surface area contributed by atoms with E-state index in [0.717, 1.165) is 202 Å². The van der Waals surface area contributed by atoms with E-state index < -0.39 is 14.3 Å². The van der Waals surface area contributed by atoms with E-state index in [0.29, 0.717) is 11.1 Å². The Kier molecular flexibility index (Phi) is 18.2. The van der Waals surface area contributed by atoms with E-state index in [1.807, 2.05) is 219 Å². The monoisotopic (exact) mass is 1640 g/mol. The maximum absolute atomic E-state index is 15.2. The van der Waals surface area contributed by atoms with Crippen molar-refractivity contribution >= 4 is 198 Å². The van der Waals surface area contributed by atoms with Crippen LogP contribution in [0.2, 0.25) is 0 Å². The largest absolute Gasteiger partial charge is 0.455 e. The van der Waals surface area contributed by atoms with Gasteiger partial charge in [0.15, 0.2) is 14.3 Å². The summed E-state index contributed by atoms with van der Waals surface area (Å²) in [5, 5.41) is 26.2. The minimum absolute atomic E-state index is 0.536. The summed E-state index contributed by atoms with van der Waals surface area (Å²) in [6.07, 6.45) is 5.59. The lowest BCUT2D eigenvalue weighted by Crippen LogP contribution is -2.27. The summed E-state index contributed by atoms with van der Waals surface area (Å²) in [7, 11) is -6.39. The highest BCUT2D eigenvalue weighted by atomic mass is 31.2. The van der Waals surface area contributed by atoms with Gasteiger partial charge in [-0.1, -0.05) is 346 Å². The Balaban J connectivity index is 0.000000108. The third-order valence-corrected chi connectivity index (χ3v) is 30.4. The Morgan fingerprint density at radius 3 is 1.07 bits per heavy atom. The predicted octanol–water partition coefficient (Wildman–Crippen LogP) is 26.5. The van der Waals surface area contributed by atoms with Crippen LogP contribution in [0.25, 0.3) is 197 Å². The fraction of sp³-hybridized carbons (Fsp3) is 0. The lowest BCUT2D eigenvalue weighted by Gasteiger charge is -2.21. The summed E-state index contributed by atoms with van der Waals surface area (Å²) in [4.78, 5) is 35.2. The molecule has 0 spiro atoms. The van der Waals surface area contributed by atoms with Crippen molar-refractivity contribution in [2.24, 2.45) is 0 Å². The summed E-state index contributed by atoms with van der Waals surface area (Å²) in [5.74, 6) is 0. The molecule has 17 aromatic carbocycles. The van der Waals surface area contributed by atoms with Crippen LogP contribution in [0.15, 0.2) is 436 Å². The molecule has 0 aliphatic carbocycles. The second-order valence-electron chi connectivity index (χ2n) is 31.5. The molecule has 0 aliphatic rings. The van der Waals surface area contributed by atoms with E-state index in [2.05, 4.69) is 212 Å². The number of furan rings is 1. The second kappa shape index (κ2) is 30.7. The van der Waals surface area contributed by atoms with E-state index in [1.165, 1.54) is 16.2 Å². The lowest BCUT2D eigenvalue weighted by molar-refractivity contribution is 0.591. The summed E-state index contributed by atoms with van der Waals surface area (Å²) < 4.78 is 36.7. The maximum atomic E-state index is 15.2. The summed E-state index contributed by atoms with van der Waals surface area (Å²) in [6.45, 7) is 0. The summed E-state index contributed by atoms with van der Waals surface area (Å²) in [6, 6.07) is 139. The van der Waals surface area contributed by atoms with E-state index >= 15 is 9.13 Å². The van der Waals surface area contributed by atoms with Crippen LogP contribution in [0.1, 0.15) is 0 Å². The topological polar surface area (TPSA) is 138 Å². The Labute approximate surface area is 717 Å². The highest BCUT2D eigenvalue weighted by Crippen LogP contribution is 2.49. The van der Waals surface area contributed by atoms with Crippen LogP contribution < -0.4 is 32.0 Å². The molecular formula is C113H71N7O3P2. The lowest BCUT2D eigenvalue weighted by atomic mass is 9.93. The Morgan fingerprint density at radius 1 is 0.224 bits per heavy atom. The number of fused-ring (bicyclic) bond motifs is 24. The molecule has 0 unspecified atom stereocenters. The number of benzene rings is 17. The third-order valence-electron chi connectivity index (χ3n) is 24.4. The van der Waals surface area contributed by atoms with Crippen LogP contribution in [-0.2, 0) is 9.13 Å². The molecule has 0 atom stereocenters. The van der Waals surface area contributed by atoms with Crippen molar-refractivity contribution in [1.82, 2.24) is 34.9 Å². The average Bonchev–Trinajstić information content (AvgIpc) is 1.63. The molecule has 125 heavy (non-hydrogen) atoms. The van der Waals surface area contributed by atoms with Gasteiger partial charge in [0.2, 0.25) is 0 Å². The average molecular weight is 1640 g/mol. The van der Waals surface area contributed by atoms with Crippen LogP contribution in [0.3, 0.4) is 0 Å². The molecule has 0 fully saturated rings. The van der Waals surface area contributed by atoms with Gasteiger partial charge in [-0.3, -0.25) is 15.0 Å². The Hall–Kier alpha value is -15.8. The standard InChI is InChI=1S/C38H25N2OP.C38H22N2O.C37H24N3OP/c41-42(29-13-3-1-4-14-29,30-15-5-2-6-16-30)31-17-9-11-28(25-31)37-33-23-22-26-20-21-27-12-10-24-39-38(27)35(26)36(33)32-18-7-8-19-34(32)40-37;1-3-15-32-30(12-1)35-31(20-19-23-17-18-24-10-7-21-39-37(24)34(23)35)36(40-32)26-9-5-8-25(22-26)27-13-6-14-29-28-11-2-4-16-33(28)41-38(27)29;41-42(27-12-3-1-4-13-27,28-14-5-2-6-15-28)33-19-9-18-32(39-33)37-30-23-22-25-20-21-26-11-10-24-38-36(26)34(25)35(30)29-16-7-8-17-31(29)40-37/h1-25H;1-22H;1-24H. The highest BCUT2D eigenvalue weighted by molar-refractivity contribution is 7.85. The highest BCUT2D eigenvalue weighted by Gasteiger charge is 2.34. The van der Waals surface area contributed by atoms with Gasteiger partial charge in [-0.15, -0.1) is 0 Å². The van der Waals surface area contributed by atoms with Crippen molar-refractivity contribution in [2.45, 2.75) is 0 Å². The number of pyridine rings is 7. The first-order valence-electron chi connectivity index (χ1n) is 41.8. The van der Waals surface area contributed by atoms with Gasteiger partial charge in [-0.25, -0.2) is 19.9 Å². The first-order chi connectivity index (χ1) is 61.8. The van der Waals surface area contributed by atoms with Gasteiger partial charge in [0, 0.05) is 153 Å². The Morgan fingerprint density at radius 2 is 0.584 bits per heavy atom. The van der Waals surface area contributed by atoms with Crippen molar-refractivity contribution < 1.29 is 13.5 Å². The van der Waals surface area contributed by atoms with Crippen LogP contribution in [0, 0.1) is 0 Å². The van der Waals surface area contributed by atoms with E-state index in [9.17, 15) is 0 Å². The normalized spacial score (nSPS) is 11.9. The Bertz CT molecular complexity index is 8360. The van der Waals surface area contributed by atoms with Crippen LogP contribution in [0.5, 0.6) is 0 Å². The zero-order chi connectivity index (χ0) is 83.1. The predicted molar refractivity (Wildman–Crippen MR) is 522 cm³/mol. The number of hydrogen-bond acceptors (Lipinski definition) is 10. The molecule has 0 saturated carbocycles. The molecule has 0 bridgehead atoms. The number of aromatic nitrogens is 7. The van der Waals surface area contributed by atoms with E-state index in [1.54, 1.807) is 0 Å². The smallest absolute Gasteiger partial charge is 0.188 e. The molecule has 0 radical (unpaired) electrons. The fourth-order valence-electron chi connectivity index (χ4n) is 18.6. The molecule has 586 valence electrons. The zero-order valence-electron chi connectivity index (χ0n) is 67.2. The minimum Gasteiger partial charge on any atom is -0.455 e. The fourth-order valence-corrected chi connectivity index (χ4v) is 23.9. The molecule has 0 saturated heterocycles. The molecule has 0 aliphatic heterocycles. The first kappa shape index (κ1) is 74.2. The molecule has 10 nitrogen and oxygen atoms in total. The van der Waals surface area contributed by atoms with Gasteiger partial charge in [0.05, 0.1) is 55.9 Å². The van der Waals surface area contributed by atoms with Gasteiger partial charge in [-0.2, -0.15) is 0 Å². The molecular weight excluding hydrogens is 1570 g/mol. The molecule has 0 N–H and O–H groups in total. The quantitative estimate of drug-likeness (QED) is 0.0961. The number of rotatable bonds is 10. The van der Waals surface area contributed by atoms with Crippen molar-refractivity contribution in [3.8, 4) is 45.0 Å². The van der Waals surface area contributed by atoms with Gasteiger partial charge in [-0.05, 0) is 88.5 Å². The van der Waals surface area contributed by atoms with Gasteiger partial charge < -0.3 is 13.5 Å². The molecule has 12 heteroatoms. The van der Waals surface area contributed by atoms with Crippen molar-refractivity contribution in [2.75, 3.05) is 0 Å². The van der Waals surface area contributed by atoms with Crippen LogP contribution >= 0.6 is 14.3 Å². The van der Waals surface area contributed by atoms with E-state index in [-0.39, 0.29) is 0 Å². The zero-order valence-corrected chi connectivity index (χ0v) is 69.0. The van der Waals surface area contributed by atoms with Gasteiger partial charge >= 0.3 is 0 Å². The van der Waals surface area contributed by atoms with Crippen molar-refractivity contribution in [1.29, 1.82) is 0 Å². The van der Waals surface area contributed by atoms with Crippen molar-refractivity contribution in [3.05, 3.63) is 431 Å². The molecule has 25 aromatic rings. The molecule has 8 heterocycles. The number of para-hydroxylation sites is 5. The summed E-state index contributed by atoms with van der Waals surface area (Å²) >= 11 is 0. The molecule has 0 amide bonds. The maximum Gasteiger partial charge on any atom is 0.188 e.